The largest absolute Gasteiger partial charge is 0.326 e. The van der Waals surface area contributed by atoms with Gasteiger partial charge in [0.25, 0.3) is 0 Å². The molecule has 0 atom stereocenters. The van der Waals surface area contributed by atoms with Gasteiger partial charge in [0.05, 0.1) is 0 Å². The van der Waals surface area contributed by atoms with Gasteiger partial charge in [-0.15, -0.1) is 0 Å². The fourth-order valence-electron chi connectivity index (χ4n) is 3.85. The van der Waals surface area contributed by atoms with E-state index in [0.717, 1.165) is 35.5 Å². The molecule has 1 aromatic heterocycles. The Morgan fingerprint density at radius 2 is 2.04 bits per heavy atom. The van der Waals surface area contributed by atoms with Gasteiger partial charge >= 0.3 is 0 Å². The summed E-state index contributed by atoms with van der Waals surface area (Å²) in [5.41, 5.74) is 5.76. The first kappa shape index (κ1) is 18.6. The number of benzene rings is 2. The number of aryl methyl sites for hydroxylation is 2. The number of rotatable bonds is 5. The summed E-state index contributed by atoms with van der Waals surface area (Å²) in [5.74, 6) is 0.760. The first-order valence-corrected chi connectivity index (χ1v) is 10.2. The van der Waals surface area contributed by atoms with Gasteiger partial charge in [0, 0.05) is 24.2 Å². The van der Waals surface area contributed by atoms with E-state index in [1.165, 1.54) is 24.0 Å². The standard InChI is InChI=1S/C22H24N4OS/c1-15-6-4-9-17(14-15)21-24-25-22(28)26(21)13-12-20(27)23-19-11-5-8-16-7-2-3-10-18(16)19/h4-6,8-9,11,14H,2-3,7,10,12-13H2,1H3,(H,23,27)(H,25,28). The van der Waals surface area contributed by atoms with Gasteiger partial charge in [-0.1, -0.05) is 35.9 Å². The van der Waals surface area contributed by atoms with Crippen LogP contribution in [0.3, 0.4) is 0 Å². The summed E-state index contributed by atoms with van der Waals surface area (Å²) in [5, 5.41) is 10.3. The Kier molecular flexibility index (Phi) is 5.39. The van der Waals surface area contributed by atoms with Crippen LogP contribution in [0.1, 0.15) is 36.0 Å². The third-order valence-corrected chi connectivity index (χ3v) is 5.58. The van der Waals surface area contributed by atoms with Gasteiger partial charge < -0.3 is 5.32 Å². The molecule has 0 radical (unpaired) electrons. The maximum Gasteiger partial charge on any atom is 0.226 e. The van der Waals surface area contributed by atoms with Gasteiger partial charge in [0.1, 0.15) is 0 Å². The van der Waals surface area contributed by atoms with E-state index < -0.39 is 0 Å². The quantitative estimate of drug-likeness (QED) is 0.612. The lowest BCUT2D eigenvalue weighted by molar-refractivity contribution is -0.116. The molecule has 0 saturated carbocycles. The Labute approximate surface area is 169 Å². The lowest BCUT2D eigenvalue weighted by Crippen LogP contribution is -2.17. The SMILES string of the molecule is Cc1cccc(-c2n[nH]c(=S)n2CCC(=O)Nc2cccc3c2CCCC3)c1. The average Bonchev–Trinajstić information content (AvgIpc) is 3.07. The molecule has 5 nitrogen and oxygen atoms in total. The maximum atomic E-state index is 12.6. The van der Waals surface area contributed by atoms with E-state index in [0.29, 0.717) is 17.7 Å². The topological polar surface area (TPSA) is 62.7 Å². The number of nitrogens with one attached hydrogen (secondary N) is 2. The van der Waals surface area contributed by atoms with Crippen LogP contribution < -0.4 is 5.32 Å². The molecule has 1 amide bonds. The van der Waals surface area contributed by atoms with E-state index in [2.05, 4.69) is 27.6 Å². The van der Waals surface area contributed by atoms with Crippen molar-refractivity contribution in [2.45, 2.75) is 45.6 Å². The monoisotopic (exact) mass is 392 g/mol. The molecule has 6 heteroatoms. The van der Waals surface area contributed by atoms with Gasteiger partial charge in [-0.05, 0) is 68.1 Å². The fourth-order valence-corrected chi connectivity index (χ4v) is 4.08. The number of hydrogen-bond acceptors (Lipinski definition) is 3. The zero-order chi connectivity index (χ0) is 19.5. The molecular weight excluding hydrogens is 368 g/mol. The van der Waals surface area contributed by atoms with E-state index >= 15 is 0 Å². The normalized spacial score (nSPS) is 13.2. The minimum atomic E-state index is -0.00253. The highest BCUT2D eigenvalue weighted by Gasteiger charge is 2.15. The highest BCUT2D eigenvalue weighted by molar-refractivity contribution is 7.71. The fraction of sp³-hybridized carbons (Fsp3) is 0.318. The van der Waals surface area contributed by atoms with Crippen molar-refractivity contribution in [3.8, 4) is 11.4 Å². The Hall–Kier alpha value is -2.73. The number of anilines is 1. The highest BCUT2D eigenvalue weighted by atomic mass is 32.1. The minimum Gasteiger partial charge on any atom is -0.326 e. The number of fused-ring (bicyclic) bond motifs is 1. The van der Waals surface area contributed by atoms with Gasteiger partial charge in [-0.25, -0.2) is 0 Å². The number of aromatic nitrogens is 3. The van der Waals surface area contributed by atoms with Crippen molar-refractivity contribution < 1.29 is 4.79 Å². The molecule has 1 aliphatic carbocycles. The molecule has 0 fully saturated rings. The third kappa shape index (κ3) is 3.92. The van der Waals surface area contributed by atoms with Crippen molar-refractivity contribution >= 4 is 23.8 Å². The second kappa shape index (κ2) is 8.10. The first-order valence-electron chi connectivity index (χ1n) is 9.74. The smallest absolute Gasteiger partial charge is 0.226 e. The van der Waals surface area contributed by atoms with Crippen LogP contribution in [-0.4, -0.2) is 20.7 Å². The van der Waals surface area contributed by atoms with Gasteiger partial charge in [-0.2, -0.15) is 5.10 Å². The number of H-pyrrole nitrogens is 1. The number of aromatic amines is 1. The summed E-state index contributed by atoms with van der Waals surface area (Å²) >= 11 is 5.38. The summed E-state index contributed by atoms with van der Waals surface area (Å²) in [7, 11) is 0. The van der Waals surface area contributed by atoms with Crippen LogP contribution in [-0.2, 0) is 24.2 Å². The van der Waals surface area contributed by atoms with Crippen LogP contribution in [0.15, 0.2) is 42.5 Å². The van der Waals surface area contributed by atoms with Crippen LogP contribution in [0, 0.1) is 11.7 Å². The predicted molar refractivity (Wildman–Crippen MR) is 114 cm³/mol. The number of carbonyl (C=O) groups is 1. The second-order valence-electron chi connectivity index (χ2n) is 7.32. The third-order valence-electron chi connectivity index (χ3n) is 5.27. The molecule has 28 heavy (non-hydrogen) atoms. The first-order chi connectivity index (χ1) is 13.6. The van der Waals surface area contributed by atoms with Crippen LogP contribution >= 0.6 is 12.2 Å². The van der Waals surface area contributed by atoms with Crippen LogP contribution in [0.5, 0.6) is 0 Å². The lowest BCUT2D eigenvalue weighted by Gasteiger charge is -2.19. The van der Waals surface area contributed by atoms with Crippen LogP contribution in [0.4, 0.5) is 5.69 Å². The molecule has 3 aromatic rings. The lowest BCUT2D eigenvalue weighted by atomic mass is 9.90. The van der Waals surface area contributed by atoms with Crippen molar-refractivity contribution in [2.24, 2.45) is 0 Å². The molecule has 0 spiro atoms. The number of nitrogens with zero attached hydrogens (tertiary/aromatic N) is 2. The summed E-state index contributed by atoms with van der Waals surface area (Å²) in [6.07, 6.45) is 4.89. The van der Waals surface area contributed by atoms with E-state index in [4.69, 9.17) is 12.2 Å². The number of hydrogen-bond donors (Lipinski definition) is 2. The molecule has 2 N–H and O–H groups in total. The van der Waals surface area contributed by atoms with Crippen LogP contribution in [0.2, 0.25) is 0 Å². The zero-order valence-corrected chi connectivity index (χ0v) is 16.8. The Morgan fingerprint density at radius 3 is 2.89 bits per heavy atom. The maximum absolute atomic E-state index is 12.6. The predicted octanol–water partition coefficient (Wildman–Crippen LogP) is 4.82. The Bertz CT molecular complexity index is 1070. The van der Waals surface area contributed by atoms with Gasteiger partial charge in [-0.3, -0.25) is 14.5 Å². The summed E-state index contributed by atoms with van der Waals surface area (Å²) in [6.45, 7) is 2.53. The van der Waals surface area contributed by atoms with Crippen molar-refractivity contribution in [1.29, 1.82) is 0 Å². The summed E-state index contributed by atoms with van der Waals surface area (Å²) < 4.78 is 2.42. The van der Waals surface area contributed by atoms with Gasteiger partial charge in [0.2, 0.25) is 5.91 Å². The zero-order valence-electron chi connectivity index (χ0n) is 16.0. The molecule has 2 aromatic carbocycles. The van der Waals surface area contributed by atoms with E-state index in [1.54, 1.807) is 0 Å². The van der Waals surface area contributed by atoms with Crippen LogP contribution in [0.25, 0.3) is 11.4 Å². The molecule has 4 rings (SSSR count). The molecule has 0 saturated heterocycles. The molecule has 1 aliphatic rings. The number of amides is 1. The summed E-state index contributed by atoms with van der Waals surface area (Å²) in [6, 6.07) is 14.3. The molecular formula is C22H24N4OS. The highest BCUT2D eigenvalue weighted by Crippen LogP contribution is 2.28. The Morgan fingerprint density at radius 1 is 1.21 bits per heavy atom. The summed E-state index contributed by atoms with van der Waals surface area (Å²) in [4.78, 5) is 12.6. The molecule has 144 valence electrons. The molecule has 0 unspecified atom stereocenters. The van der Waals surface area contributed by atoms with Crippen molar-refractivity contribution in [3.05, 3.63) is 63.9 Å². The van der Waals surface area contributed by atoms with E-state index in [1.807, 2.05) is 41.8 Å². The van der Waals surface area contributed by atoms with Crippen molar-refractivity contribution in [1.82, 2.24) is 14.8 Å². The second-order valence-corrected chi connectivity index (χ2v) is 7.71. The van der Waals surface area contributed by atoms with E-state index in [-0.39, 0.29) is 5.91 Å². The van der Waals surface area contributed by atoms with Crippen molar-refractivity contribution in [2.75, 3.05) is 5.32 Å². The average molecular weight is 393 g/mol. The molecule has 1 heterocycles. The van der Waals surface area contributed by atoms with Crippen molar-refractivity contribution in [3.63, 3.8) is 0 Å². The molecule has 0 bridgehead atoms. The van der Waals surface area contributed by atoms with Gasteiger partial charge in [0.15, 0.2) is 10.6 Å². The molecule has 0 aliphatic heterocycles. The minimum absolute atomic E-state index is 0.00253. The van der Waals surface area contributed by atoms with E-state index in [9.17, 15) is 4.79 Å². The Balaban J connectivity index is 1.48. The number of carbonyl (C=O) groups excluding carboxylic acids is 1.